The van der Waals surface area contributed by atoms with E-state index < -0.39 is 11.9 Å². The van der Waals surface area contributed by atoms with Crippen molar-refractivity contribution in [3.63, 3.8) is 0 Å². The van der Waals surface area contributed by atoms with Crippen LogP contribution in [0.15, 0.2) is 12.4 Å². The number of halogens is 3. The Labute approximate surface area is 91.1 Å². The smallest absolute Gasteiger partial charge is 0.309 e. The van der Waals surface area contributed by atoms with Gasteiger partial charge in [-0.3, -0.25) is 4.98 Å². The Bertz CT molecular complexity index is 341. The van der Waals surface area contributed by atoms with E-state index in [9.17, 15) is 13.2 Å². The van der Waals surface area contributed by atoms with Crippen LogP contribution in [0.1, 0.15) is 36.7 Å². The number of nitrogens with zero attached hydrogens (tertiary/aromatic N) is 2. The Morgan fingerprint density at radius 3 is 2.50 bits per heavy atom. The molecule has 1 saturated heterocycles. The summed E-state index contributed by atoms with van der Waals surface area (Å²) >= 11 is 0. The highest BCUT2D eigenvalue weighted by molar-refractivity contribution is 5.09. The van der Waals surface area contributed by atoms with Gasteiger partial charge in [0.15, 0.2) is 5.69 Å². The van der Waals surface area contributed by atoms with Gasteiger partial charge < -0.3 is 5.32 Å². The van der Waals surface area contributed by atoms with Gasteiger partial charge in [0, 0.05) is 0 Å². The van der Waals surface area contributed by atoms with E-state index in [0.29, 0.717) is 5.69 Å². The van der Waals surface area contributed by atoms with Crippen LogP contribution >= 0.6 is 0 Å². The number of hydrogen-bond acceptors (Lipinski definition) is 3. The number of nitrogens with one attached hydrogen (secondary N) is 1. The summed E-state index contributed by atoms with van der Waals surface area (Å²) in [6.45, 7) is 0.882. The van der Waals surface area contributed by atoms with E-state index in [0.717, 1.165) is 32.0 Å². The standard InChI is InChI=1S/C10H12F3N3/c11-10(12,13)9-6-15-8(5-16-9)7-3-1-2-4-14-7/h5-7,14H,1-4H2. The maximum Gasteiger partial charge on any atom is 0.434 e. The molecule has 16 heavy (non-hydrogen) atoms. The average molecular weight is 231 g/mol. The molecule has 3 nitrogen and oxygen atoms in total. The third-order valence-corrected chi connectivity index (χ3v) is 2.63. The summed E-state index contributed by atoms with van der Waals surface area (Å²) in [5, 5.41) is 3.21. The summed E-state index contributed by atoms with van der Waals surface area (Å²) < 4.78 is 36.7. The van der Waals surface area contributed by atoms with E-state index in [1.165, 1.54) is 6.20 Å². The fraction of sp³-hybridized carbons (Fsp3) is 0.600. The van der Waals surface area contributed by atoms with Gasteiger partial charge in [-0.15, -0.1) is 0 Å². The average Bonchev–Trinajstić information content (AvgIpc) is 2.29. The Hall–Kier alpha value is -1.17. The first kappa shape index (κ1) is 11.3. The molecule has 6 heteroatoms. The maximum absolute atomic E-state index is 12.2. The zero-order chi connectivity index (χ0) is 11.6. The molecular weight excluding hydrogens is 219 g/mol. The van der Waals surface area contributed by atoms with Crippen molar-refractivity contribution in [2.75, 3.05) is 6.54 Å². The molecule has 1 N–H and O–H groups in total. The fourth-order valence-corrected chi connectivity index (χ4v) is 1.77. The van der Waals surface area contributed by atoms with Crippen LogP contribution in [-0.4, -0.2) is 16.5 Å². The van der Waals surface area contributed by atoms with Gasteiger partial charge in [-0.2, -0.15) is 13.2 Å². The van der Waals surface area contributed by atoms with Crippen molar-refractivity contribution < 1.29 is 13.2 Å². The summed E-state index contributed by atoms with van der Waals surface area (Å²) in [7, 11) is 0. The number of aromatic nitrogens is 2. The predicted molar refractivity (Wildman–Crippen MR) is 51.6 cm³/mol. The number of piperidine rings is 1. The third kappa shape index (κ3) is 2.49. The Morgan fingerprint density at radius 1 is 1.19 bits per heavy atom. The second-order valence-corrected chi connectivity index (χ2v) is 3.83. The normalized spacial score (nSPS) is 22.1. The number of hydrogen-bond donors (Lipinski definition) is 1. The van der Waals surface area contributed by atoms with Crippen molar-refractivity contribution in [2.24, 2.45) is 0 Å². The molecule has 1 fully saturated rings. The second-order valence-electron chi connectivity index (χ2n) is 3.83. The highest BCUT2D eigenvalue weighted by atomic mass is 19.4. The Kier molecular flexibility index (Phi) is 3.09. The Morgan fingerprint density at radius 2 is 2.00 bits per heavy atom. The van der Waals surface area contributed by atoms with Crippen LogP contribution < -0.4 is 5.32 Å². The van der Waals surface area contributed by atoms with Crippen LogP contribution in [0.2, 0.25) is 0 Å². The minimum atomic E-state index is -4.41. The van der Waals surface area contributed by atoms with Crippen molar-refractivity contribution in [1.82, 2.24) is 15.3 Å². The van der Waals surface area contributed by atoms with Gasteiger partial charge in [-0.05, 0) is 19.4 Å². The van der Waals surface area contributed by atoms with E-state index in [1.54, 1.807) is 0 Å². The highest BCUT2D eigenvalue weighted by Crippen LogP contribution is 2.27. The molecule has 1 aliphatic rings. The van der Waals surface area contributed by atoms with Gasteiger partial charge in [0.2, 0.25) is 0 Å². The van der Waals surface area contributed by atoms with E-state index in [-0.39, 0.29) is 6.04 Å². The quantitative estimate of drug-likeness (QED) is 0.806. The molecule has 0 saturated carbocycles. The van der Waals surface area contributed by atoms with Gasteiger partial charge in [0.05, 0.1) is 24.1 Å². The monoisotopic (exact) mass is 231 g/mol. The second kappa shape index (κ2) is 4.37. The summed E-state index contributed by atoms with van der Waals surface area (Å²) in [4.78, 5) is 7.22. The lowest BCUT2D eigenvalue weighted by molar-refractivity contribution is -0.141. The minimum absolute atomic E-state index is 0.0449. The molecule has 0 bridgehead atoms. The molecule has 0 aromatic carbocycles. The zero-order valence-corrected chi connectivity index (χ0v) is 8.59. The van der Waals surface area contributed by atoms with Crippen molar-refractivity contribution in [3.05, 3.63) is 23.8 Å². The molecule has 0 amide bonds. The molecule has 0 aliphatic carbocycles. The molecule has 2 heterocycles. The number of alkyl halides is 3. The van der Waals surface area contributed by atoms with Gasteiger partial charge in [0.1, 0.15) is 0 Å². The number of rotatable bonds is 1. The molecule has 1 aromatic heterocycles. The van der Waals surface area contributed by atoms with Crippen LogP contribution in [0.25, 0.3) is 0 Å². The fourth-order valence-electron chi connectivity index (χ4n) is 1.77. The van der Waals surface area contributed by atoms with Crippen molar-refractivity contribution in [2.45, 2.75) is 31.5 Å². The topological polar surface area (TPSA) is 37.8 Å². The predicted octanol–water partition coefficient (Wildman–Crippen LogP) is 2.31. The highest BCUT2D eigenvalue weighted by Gasteiger charge is 2.33. The van der Waals surface area contributed by atoms with E-state index >= 15 is 0 Å². The molecule has 88 valence electrons. The molecule has 2 rings (SSSR count). The first-order chi connectivity index (χ1) is 7.57. The van der Waals surface area contributed by atoms with Crippen LogP contribution in [0.4, 0.5) is 13.2 Å². The summed E-state index contributed by atoms with van der Waals surface area (Å²) in [6.07, 6.45) is 0.675. The molecule has 0 spiro atoms. The summed E-state index contributed by atoms with van der Waals surface area (Å²) in [5.74, 6) is 0. The van der Waals surface area contributed by atoms with Crippen LogP contribution in [0.3, 0.4) is 0 Å². The van der Waals surface area contributed by atoms with E-state index in [1.807, 2.05) is 0 Å². The summed E-state index contributed by atoms with van der Waals surface area (Å²) in [5.41, 5.74) is -0.347. The SMILES string of the molecule is FC(F)(F)c1cnc(C2CCCCN2)cn1. The van der Waals surface area contributed by atoms with Gasteiger partial charge in [-0.1, -0.05) is 6.42 Å². The van der Waals surface area contributed by atoms with Crippen molar-refractivity contribution in [3.8, 4) is 0 Å². The molecule has 1 atom stereocenters. The zero-order valence-electron chi connectivity index (χ0n) is 8.59. The summed E-state index contributed by atoms with van der Waals surface area (Å²) in [6, 6.07) is 0.0449. The first-order valence-corrected chi connectivity index (χ1v) is 5.20. The lowest BCUT2D eigenvalue weighted by atomic mass is 10.0. The molecule has 0 radical (unpaired) electrons. The van der Waals surface area contributed by atoms with Crippen molar-refractivity contribution >= 4 is 0 Å². The molecule has 1 unspecified atom stereocenters. The van der Waals surface area contributed by atoms with Gasteiger partial charge in [0.25, 0.3) is 0 Å². The molecular formula is C10H12F3N3. The lowest BCUT2D eigenvalue weighted by Crippen LogP contribution is -2.27. The van der Waals surface area contributed by atoms with Crippen LogP contribution in [0, 0.1) is 0 Å². The van der Waals surface area contributed by atoms with E-state index in [2.05, 4.69) is 15.3 Å². The van der Waals surface area contributed by atoms with Crippen molar-refractivity contribution in [1.29, 1.82) is 0 Å². The Balaban J connectivity index is 2.12. The maximum atomic E-state index is 12.2. The molecule has 1 aliphatic heterocycles. The minimum Gasteiger partial charge on any atom is -0.309 e. The van der Waals surface area contributed by atoms with E-state index in [4.69, 9.17) is 0 Å². The third-order valence-electron chi connectivity index (χ3n) is 2.63. The van der Waals surface area contributed by atoms with Crippen LogP contribution in [-0.2, 0) is 6.18 Å². The largest absolute Gasteiger partial charge is 0.434 e. The first-order valence-electron chi connectivity index (χ1n) is 5.20. The van der Waals surface area contributed by atoms with Gasteiger partial charge in [-0.25, -0.2) is 4.98 Å². The van der Waals surface area contributed by atoms with Gasteiger partial charge >= 0.3 is 6.18 Å². The lowest BCUT2D eigenvalue weighted by Gasteiger charge is -2.22. The van der Waals surface area contributed by atoms with Crippen LogP contribution in [0.5, 0.6) is 0 Å². The molecule has 1 aromatic rings.